The van der Waals surface area contributed by atoms with Crippen LogP contribution in [-0.4, -0.2) is 64.6 Å². The van der Waals surface area contributed by atoms with Crippen LogP contribution in [0.2, 0.25) is 0 Å². The molecule has 4 atom stereocenters. The van der Waals surface area contributed by atoms with Gasteiger partial charge >= 0.3 is 0 Å². The second kappa shape index (κ2) is 9.38. The van der Waals surface area contributed by atoms with Crippen LogP contribution in [-0.2, 0) is 11.2 Å². The molecule has 27 heavy (non-hydrogen) atoms. The average Bonchev–Trinajstić information content (AvgIpc) is 3.13. The van der Waals surface area contributed by atoms with Gasteiger partial charge in [0.2, 0.25) is 0 Å². The Morgan fingerprint density at radius 2 is 2.04 bits per heavy atom. The van der Waals surface area contributed by atoms with E-state index in [1.807, 2.05) is 6.07 Å². The lowest BCUT2D eigenvalue weighted by molar-refractivity contribution is -0.115. The number of rotatable bonds is 8. The van der Waals surface area contributed by atoms with Gasteiger partial charge in [0.1, 0.15) is 5.82 Å². The van der Waals surface area contributed by atoms with E-state index in [0.717, 1.165) is 11.3 Å². The van der Waals surface area contributed by atoms with Crippen molar-refractivity contribution in [1.29, 1.82) is 0 Å². The lowest BCUT2D eigenvalue weighted by Crippen LogP contribution is -2.46. The fourth-order valence-corrected chi connectivity index (χ4v) is 3.13. The first-order valence-electron chi connectivity index (χ1n) is 9.10. The number of aromatic nitrogens is 1. The Labute approximate surface area is 156 Å². The van der Waals surface area contributed by atoms with E-state index in [1.54, 1.807) is 12.1 Å². The van der Waals surface area contributed by atoms with Crippen LogP contribution in [0.3, 0.4) is 0 Å². The molecule has 2 aromatic rings. The van der Waals surface area contributed by atoms with Crippen LogP contribution in [0, 0.1) is 5.82 Å². The van der Waals surface area contributed by atoms with Gasteiger partial charge in [-0.1, -0.05) is 5.16 Å². The highest BCUT2D eigenvalue weighted by Crippen LogP contribution is 2.25. The van der Waals surface area contributed by atoms with E-state index in [-0.39, 0.29) is 25.1 Å². The molecule has 0 unspecified atom stereocenters. The van der Waals surface area contributed by atoms with Crippen molar-refractivity contribution >= 4 is 0 Å². The van der Waals surface area contributed by atoms with Gasteiger partial charge in [-0.25, -0.2) is 4.39 Å². The standard InChI is InChI=1S/C19H25FN2O5/c20-13-3-1-12(2-4-13)18-8-14(22-27-18)7-16-5-6-17(25)19(26-16)10-21-9-15(24)11-23/h1-4,8,15-17,19,21,23-25H,5-7,9-11H2/t15-,16-,17-,19+/m0/s1. The molecule has 1 aliphatic rings. The van der Waals surface area contributed by atoms with Crippen molar-refractivity contribution in [3.8, 4) is 11.3 Å². The molecule has 0 saturated carbocycles. The zero-order chi connectivity index (χ0) is 19.2. The topological polar surface area (TPSA) is 108 Å². The second-order valence-corrected chi connectivity index (χ2v) is 6.83. The summed E-state index contributed by atoms with van der Waals surface area (Å²) in [4.78, 5) is 0. The number of aliphatic hydroxyl groups is 3. The molecule has 1 aliphatic heterocycles. The third-order valence-corrected chi connectivity index (χ3v) is 4.64. The molecule has 3 rings (SSSR count). The molecule has 0 radical (unpaired) electrons. The number of halogens is 1. The summed E-state index contributed by atoms with van der Waals surface area (Å²) in [7, 11) is 0. The number of hydrogen-bond donors (Lipinski definition) is 4. The maximum atomic E-state index is 13.0. The second-order valence-electron chi connectivity index (χ2n) is 6.83. The van der Waals surface area contributed by atoms with Gasteiger partial charge in [0.25, 0.3) is 0 Å². The van der Waals surface area contributed by atoms with Crippen LogP contribution >= 0.6 is 0 Å². The Morgan fingerprint density at radius 3 is 2.78 bits per heavy atom. The molecular formula is C19H25FN2O5. The predicted octanol–water partition coefficient (Wildman–Crippen LogP) is 0.875. The molecule has 1 aromatic heterocycles. The van der Waals surface area contributed by atoms with Crippen LogP contribution in [0.15, 0.2) is 34.9 Å². The smallest absolute Gasteiger partial charge is 0.167 e. The average molecular weight is 380 g/mol. The lowest BCUT2D eigenvalue weighted by atomic mass is 9.98. The number of benzene rings is 1. The Bertz CT molecular complexity index is 708. The van der Waals surface area contributed by atoms with Crippen LogP contribution in [0.25, 0.3) is 11.3 Å². The van der Waals surface area contributed by atoms with Gasteiger partial charge in [-0.05, 0) is 37.1 Å². The first kappa shape index (κ1) is 19.9. The van der Waals surface area contributed by atoms with Gasteiger partial charge in [-0.2, -0.15) is 0 Å². The van der Waals surface area contributed by atoms with Gasteiger partial charge < -0.3 is 29.9 Å². The van der Waals surface area contributed by atoms with Crippen molar-refractivity contribution in [2.24, 2.45) is 0 Å². The first-order valence-corrected chi connectivity index (χ1v) is 9.10. The van der Waals surface area contributed by atoms with Gasteiger partial charge in [0.05, 0.1) is 36.7 Å². The molecule has 1 fully saturated rings. The molecule has 4 N–H and O–H groups in total. The Kier molecular flexibility index (Phi) is 6.92. The molecule has 2 heterocycles. The Morgan fingerprint density at radius 1 is 1.26 bits per heavy atom. The number of nitrogens with one attached hydrogen (secondary N) is 1. The van der Waals surface area contributed by atoms with Crippen LogP contribution in [0.5, 0.6) is 0 Å². The van der Waals surface area contributed by atoms with Crippen molar-refractivity contribution in [1.82, 2.24) is 10.5 Å². The van der Waals surface area contributed by atoms with Crippen molar-refractivity contribution in [3.63, 3.8) is 0 Å². The summed E-state index contributed by atoms with van der Waals surface area (Å²) >= 11 is 0. The summed E-state index contributed by atoms with van der Waals surface area (Å²) in [6.45, 7) is 0.304. The predicted molar refractivity (Wildman–Crippen MR) is 95.5 cm³/mol. The highest BCUT2D eigenvalue weighted by molar-refractivity contribution is 5.57. The van der Waals surface area contributed by atoms with Crippen molar-refractivity contribution in [2.75, 3.05) is 19.7 Å². The SMILES string of the molecule is OC[C@@H](O)CNC[C@H]1O[C@H](Cc2cc(-c3ccc(F)cc3)on2)CC[C@@H]1O. The van der Waals surface area contributed by atoms with E-state index in [0.29, 0.717) is 31.6 Å². The van der Waals surface area contributed by atoms with E-state index >= 15 is 0 Å². The maximum Gasteiger partial charge on any atom is 0.167 e. The minimum atomic E-state index is -0.832. The van der Waals surface area contributed by atoms with E-state index in [9.17, 15) is 14.6 Å². The minimum Gasteiger partial charge on any atom is -0.394 e. The van der Waals surface area contributed by atoms with E-state index < -0.39 is 18.3 Å². The number of aliphatic hydroxyl groups excluding tert-OH is 3. The highest BCUT2D eigenvalue weighted by Gasteiger charge is 2.30. The largest absolute Gasteiger partial charge is 0.394 e. The molecule has 1 saturated heterocycles. The molecule has 0 bridgehead atoms. The molecule has 0 amide bonds. The molecule has 7 nitrogen and oxygen atoms in total. The van der Waals surface area contributed by atoms with Crippen LogP contribution in [0.4, 0.5) is 4.39 Å². The summed E-state index contributed by atoms with van der Waals surface area (Å²) in [6, 6.07) is 7.82. The zero-order valence-corrected chi connectivity index (χ0v) is 14.9. The van der Waals surface area contributed by atoms with Gasteiger partial charge in [-0.3, -0.25) is 0 Å². The fraction of sp³-hybridized carbons (Fsp3) is 0.526. The van der Waals surface area contributed by atoms with Crippen LogP contribution < -0.4 is 5.32 Å². The normalized spacial score (nSPS) is 24.1. The highest BCUT2D eigenvalue weighted by atomic mass is 19.1. The third kappa shape index (κ3) is 5.57. The molecule has 0 aliphatic carbocycles. The summed E-state index contributed by atoms with van der Waals surface area (Å²) < 4.78 is 24.3. The third-order valence-electron chi connectivity index (χ3n) is 4.64. The number of ether oxygens (including phenoxy) is 1. The zero-order valence-electron chi connectivity index (χ0n) is 14.9. The van der Waals surface area contributed by atoms with Crippen molar-refractivity contribution < 1.29 is 29.0 Å². The van der Waals surface area contributed by atoms with Gasteiger partial charge in [0.15, 0.2) is 5.76 Å². The Balaban J connectivity index is 1.53. The van der Waals surface area contributed by atoms with E-state index in [2.05, 4.69) is 10.5 Å². The molecule has 148 valence electrons. The van der Waals surface area contributed by atoms with Gasteiger partial charge in [-0.15, -0.1) is 0 Å². The van der Waals surface area contributed by atoms with E-state index in [1.165, 1.54) is 12.1 Å². The first-order chi connectivity index (χ1) is 13.0. The summed E-state index contributed by atoms with van der Waals surface area (Å²) in [5.74, 6) is 0.260. The van der Waals surface area contributed by atoms with E-state index in [4.69, 9.17) is 14.4 Å². The molecule has 1 aromatic carbocycles. The number of nitrogens with zero attached hydrogens (tertiary/aromatic N) is 1. The summed E-state index contributed by atoms with van der Waals surface area (Å²) in [6.07, 6.45) is -0.0358. The fourth-order valence-electron chi connectivity index (χ4n) is 3.13. The van der Waals surface area contributed by atoms with Gasteiger partial charge in [0, 0.05) is 31.1 Å². The Hall–Kier alpha value is -1.84. The lowest BCUT2D eigenvalue weighted by Gasteiger charge is -2.34. The quantitative estimate of drug-likeness (QED) is 0.538. The summed E-state index contributed by atoms with van der Waals surface area (Å²) in [5, 5.41) is 35.3. The van der Waals surface area contributed by atoms with Crippen molar-refractivity contribution in [2.45, 2.75) is 43.7 Å². The maximum absolute atomic E-state index is 13.0. The monoisotopic (exact) mass is 380 g/mol. The number of hydrogen-bond acceptors (Lipinski definition) is 7. The van der Waals surface area contributed by atoms with Crippen molar-refractivity contribution in [3.05, 3.63) is 41.8 Å². The molecule has 0 spiro atoms. The molecule has 8 heteroatoms. The molecular weight excluding hydrogens is 355 g/mol. The minimum absolute atomic E-state index is 0.103. The summed E-state index contributed by atoms with van der Waals surface area (Å²) in [5.41, 5.74) is 1.48. The van der Waals surface area contributed by atoms with Crippen LogP contribution in [0.1, 0.15) is 18.5 Å².